The van der Waals surface area contributed by atoms with Crippen molar-refractivity contribution >= 4 is 0 Å². The van der Waals surface area contributed by atoms with Crippen LogP contribution >= 0.6 is 0 Å². The molecule has 104 valence electrons. The van der Waals surface area contributed by atoms with Gasteiger partial charge >= 0.3 is 0 Å². The van der Waals surface area contributed by atoms with E-state index >= 15 is 0 Å². The number of hydrogen-bond acceptors (Lipinski definition) is 3. The molecule has 0 aromatic heterocycles. The summed E-state index contributed by atoms with van der Waals surface area (Å²) in [6.07, 6.45) is 5.67. The lowest BCUT2D eigenvalue weighted by Gasteiger charge is -2.18. The fraction of sp³-hybridized carbons (Fsp3) is 0.625. The highest BCUT2D eigenvalue weighted by molar-refractivity contribution is 5.38. The molecule has 0 saturated heterocycles. The number of benzene rings is 1. The maximum Gasteiger partial charge on any atom is 0.122 e. The topological polar surface area (TPSA) is 41.5 Å². The van der Waals surface area contributed by atoms with Crippen molar-refractivity contribution in [1.82, 2.24) is 5.32 Å². The number of aliphatic hydroxyl groups excluding tert-OH is 1. The van der Waals surface area contributed by atoms with E-state index in [4.69, 9.17) is 4.74 Å². The first-order valence-corrected chi connectivity index (χ1v) is 7.38. The van der Waals surface area contributed by atoms with E-state index in [1.54, 1.807) is 0 Å². The second-order valence-corrected chi connectivity index (χ2v) is 5.98. The third kappa shape index (κ3) is 3.10. The van der Waals surface area contributed by atoms with Crippen molar-refractivity contribution in [3.8, 4) is 5.75 Å². The molecule has 0 amide bonds. The van der Waals surface area contributed by atoms with Gasteiger partial charge in [0.15, 0.2) is 0 Å². The number of rotatable bonds is 6. The molecule has 19 heavy (non-hydrogen) atoms. The highest BCUT2D eigenvalue weighted by atomic mass is 16.5. The maximum absolute atomic E-state index is 9.25. The molecule has 0 atom stereocenters. The highest BCUT2D eigenvalue weighted by Crippen LogP contribution is 2.44. The predicted molar refractivity (Wildman–Crippen MR) is 75.6 cm³/mol. The molecule has 0 bridgehead atoms. The normalized spacial score (nSPS) is 19.6. The van der Waals surface area contributed by atoms with Crippen molar-refractivity contribution in [3.05, 3.63) is 29.3 Å². The van der Waals surface area contributed by atoms with Gasteiger partial charge in [-0.1, -0.05) is 12.1 Å². The van der Waals surface area contributed by atoms with Gasteiger partial charge in [-0.2, -0.15) is 0 Å². The van der Waals surface area contributed by atoms with Crippen LogP contribution in [0.4, 0.5) is 0 Å². The van der Waals surface area contributed by atoms with E-state index in [2.05, 4.69) is 23.5 Å². The van der Waals surface area contributed by atoms with Gasteiger partial charge in [0.1, 0.15) is 5.75 Å². The number of ether oxygens (including phenoxy) is 1. The third-order valence-corrected chi connectivity index (χ3v) is 4.36. The largest absolute Gasteiger partial charge is 0.493 e. The SMILES string of the molecule is OCC1(CNCCc2ccc3c(c2)CCCO3)CC1. The Balaban J connectivity index is 1.47. The van der Waals surface area contributed by atoms with Gasteiger partial charge in [-0.15, -0.1) is 0 Å². The second-order valence-electron chi connectivity index (χ2n) is 5.98. The molecule has 3 heteroatoms. The Morgan fingerprint density at radius 3 is 3.00 bits per heavy atom. The summed E-state index contributed by atoms with van der Waals surface area (Å²) in [6, 6.07) is 6.57. The summed E-state index contributed by atoms with van der Waals surface area (Å²) in [4.78, 5) is 0. The smallest absolute Gasteiger partial charge is 0.122 e. The van der Waals surface area contributed by atoms with Crippen LogP contribution in [0, 0.1) is 5.41 Å². The zero-order valence-corrected chi connectivity index (χ0v) is 11.5. The summed E-state index contributed by atoms with van der Waals surface area (Å²) < 4.78 is 5.63. The molecule has 0 radical (unpaired) electrons. The first kappa shape index (κ1) is 12.9. The van der Waals surface area contributed by atoms with Crippen LogP contribution in [0.2, 0.25) is 0 Å². The Bertz CT molecular complexity index is 440. The summed E-state index contributed by atoms with van der Waals surface area (Å²) in [6.45, 7) is 3.13. The van der Waals surface area contributed by atoms with Crippen LogP contribution in [0.1, 0.15) is 30.4 Å². The average molecular weight is 261 g/mol. The second kappa shape index (κ2) is 5.51. The first-order chi connectivity index (χ1) is 9.31. The quantitative estimate of drug-likeness (QED) is 0.769. The Kier molecular flexibility index (Phi) is 3.76. The average Bonchev–Trinajstić information content (AvgIpc) is 3.24. The molecule has 2 N–H and O–H groups in total. The maximum atomic E-state index is 9.25. The molecule has 2 aliphatic rings. The Morgan fingerprint density at radius 1 is 1.32 bits per heavy atom. The monoisotopic (exact) mass is 261 g/mol. The summed E-state index contributed by atoms with van der Waals surface area (Å²) >= 11 is 0. The summed E-state index contributed by atoms with van der Waals surface area (Å²) in [7, 11) is 0. The van der Waals surface area contributed by atoms with Crippen molar-refractivity contribution < 1.29 is 9.84 Å². The molecule has 1 aromatic rings. The van der Waals surface area contributed by atoms with Crippen LogP contribution in [0.3, 0.4) is 0 Å². The lowest BCUT2D eigenvalue weighted by molar-refractivity contribution is 0.208. The van der Waals surface area contributed by atoms with E-state index in [9.17, 15) is 5.11 Å². The van der Waals surface area contributed by atoms with Crippen molar-refractivity contribution in [2.24, 2.45) is 5.41 Å². The van der Waals surface area contributed by atoms with E-state index < -0.39 is 0 Å². The molecule has 3 rings (SSSR count). The Morgan fingerprint density at radius 2 is 2.21 bits per heavy atom. The van der Waals surface area contributed by atoms with Crippen LogP contribution in [0.5, 0.6) is 5.75 Å². The molecule has 3 nitrogen and oxygen atoms in total. The standard InChI is InChI=1S/C16H23NO2/c18-12-16(6-7-16)11-17-8-5-13-3-4-15-14(10-13)2-1-9-19-15/h3-4,10,17-18H,1-2,5-9,11-12H2. The van der Waals surface area contributed by atoms with Crippen molar-refractivity contribution in [2.75, 3.05) is 26.3 Å². The van der Waals surface area contributed by atoms with Gasteiger partial charge in [0.2, 0.25) is 0 Å². The Labute approximate surface area is 115 Å². The molecule has 1 fully saturated rings. The van der Waals surface area contributed by atoms with Crippen LogP contribution in [0.15, 0.2) is 18.2 Å². The fourth-order valence-electron chi connectivity index (χ4n) is 2.72. The molecular formula is C16H23NO2. The van der Waals surface area contributed by atoms with Crippen LogP contribution in [-0.4, -0.2) is 31.4 Å². The molecule has 0 spiro atoms. The molecule has 1 aromatic carbocycles. The van der Waals surface area contributed by atoms with E-state index in [0.29, 0.717) is 6.61 Å². The van der Waals surface area contributed by atoms with Crippen LogP contribution in [-0.2, 0) is 12.8 Å². The van der Waals surface area contributed by atoms with E-state index in [-0.39, 0.29) is 5.41 Å². The minimum absolute atomic E-state index is 0.212. The highest BCUT2D eigenvalue weighted by Gasteiger charge is 2.41. The molecular weight excluding hydrogens is 238 g/mol. The van der Waals surface area contributed by atoms with Gasteiger partial charge in [-0.05, 0) is 55.8 Å². The number of hydrogen-bond donors (Lipinski definition) is 2. The lowest BCUT2D eigenvalue weighted by Crippen LogP contribution is -2.28. The van der Waals surface area contributed by atoms with Crippen molar-refractivity contribution in [1.29, 1.82) is 0 Å². The van der Waals surface area contributed by atoms with Gasteiger partial charge in [-0.25, -0.2) is 0 Å². The molecule has 1 aliphatic carbocycles. The number of nitrogens with one attached hydrogen (secondary N) is 1. The van der Waals surface area contributed by atoms with Gasteiger partial charge in [-0.3, -0.25) is 0 Å². The molecule has 0 unspecified atom stereocenters. The molecule has 1 heterocycles. The number of aliphatic hydroxyl groups is 1. The first-order valence-electron chi connectivity index (χ1n) is 7.38. The third-order valence-electron chi connectivity index (χ3n) is 4.36. The lowest BCUT2D eigenvalue weighted by atomic mass is 10.0. The number of fused-ring (bicyclic) bond motifs is 1. The van der Waals surface area contributed by atoms with Gasteiger partial charge in [0, 0.05) is 18.6 Å². The van der Waals surface area contributed by atoms with Gasteiger partial charge in [0.25, 0.3) is 0 Å². The molecule has 1 aliphatic heterocycles. The van der Waals surface area contributed by atoms with Gasteiger partial charge < -0.3 is 15.2 Å². The van der Waals surface area contributed by atoms with E-state index in [1.807, 2.05) is 0 Å². The summed E-state index contributed by atoms with van der Waals surface area (Å²) in [5, 5.41) is 12.7. The minimum Gasteiger partial charge on any atom is -0.493 e. The van der Waals surface area contributed by atoms with Crippen molar-refractivity contribution in [2.45, 2.75) is 32.1 Å². The summed E-state index contributed by atoms with van der Waals surface area (Å²) in [5.41, 5.74) is 2.95. The predicted octanol–water partition coefficient (Wildman–Crippen LogP) is 1.92. The fourth-order valence-corrected chi connectivity index (χ4v) is 2.72. The minimum atomic E-state index is 0.212. The van der Waals surface area contributed by atoms with Gasteiger partial charge in [0.05, 0.1) is 6.61 Å². The molecule has 1 saturated carbocycles. The zero-order valence-electron chi connectivity index (χ0n) is 11.5. The summed E-state index contributed by atoms with van der Waals surface area (Å²) in [5.74, 6) is 1.07. The van der Waals surface area contributed by atoms with E-state index in [1.165, 1.54) is 24.0 Å². The van der Waals surface area contributed by atoms with Crippen molar-refractivity contribution in [3.63, 3.8) is 0 Å². The number of aryl methyl sites for hydroxylation is 1. The zero-order chi connectivity index (χ0) is 13.1. The van der Waals surface area contributed by atoms with Crippen LogP contribution < -0.4 is 10.1 Å². The Hall–Kier alpha value is -1.06. The van der Waals surface area contributed by atoms with Crippen LogP contribution in [0.25, 0.3) is 0 Å². The van der Waals surface area contributed by atoms with E-state index in [0.717, 1.165) is 44.7 Å².